The van der Waals surface area contributed by atoms with Crippen molar-refractivity contribution in [3.63, 3.8) is 0 Å². The largest absolute Gasteiger partial charge is 0.478 e. The fourth-order valence-corrected chi connectivity index (χ4v) is 3.52. The van der Waals surface area contributed by atoms with E-state index in [2.05, 4.69) is 4.36 Å². The van der Waals surface area contributed by atoms with E-state index in [0.29, 0.717) is 11.3 Å². The topological polar surface area (TPSA) is 102 Å². The molecule has 0 fully saturated rings. The number of fused-ring (bicyclic) bond motifs is 1. The Labute approximate surface area is 141 Å². The molecule has 0 spiro atoms. The van der Waals surface area contributed by atoms with Gasteiger partial charge in [0, 0.05) is 12.7 Å². The second-order valence-corrected chi connectivity index (χ2v) is 9.16. The quantitative estimate of drug-likeness (QED) is 0.894. The van der Waals surface area contributed by atoms with Crippen molar-refractivity contribution in [2.45, 2.75) is 44.6 Å². The maximum atomic E-state index is 12.5. The Kier molecular flexibility index (Phi) is 4.89. The van der Waals surface area contributed by atoms with Crippen molar-refractivity contribution in [1.82, 2.24) is 0 Å². The van der Waals surface area contributed by atoms with Crippen LogP contribution in [-0.2, 0) is 31.4 Å². The summed E-state index contributed by atoms with van der Waals surface area (Å²) in [6.45, 7) is 5.12. The van der Waals surface area contributed by atoms with E-state index in [1.165, 1.54) is 6.26 Å². The van der Waals surface area contributed by atoms with Crippen LogP contribution in [0.1, 0.15) is 31.9 Å². The average Bonchev–Trinajstić information content (AvgIpc) is 2.77. The number of amides is 1. The molecule has 0 bridgehead atoms. The number of aliphatic carboxylic acids is 1. The molecule has 24 heavy (non-hydrogen) atoms. The number of hydrogen-bond donors (Lipinski definition) is 1. The van der Waals surface area contributed by atoms with E-state index in [-0.39, 0.29) is 12.2 Å². The van der Waals surface area contributed by atoms with Gasteiger partial charge in [-0.15, -0.1) is 4.36 Å². The number of carbonyl (C=O) groups is 2. The highest BCUT2D eigenvalue weighted by Crippen LogP contribution is 2.30. The highest BCUT2D eigenvalue weighted by atomic mass is 32.2. The van der Waals surface area contributed by atoms with E-state index in [9.17, 15) is 13.8 Å². The van der Waals surface area contributed by atoms with E-state index < -0.39 is 33.5 Å². The molecular weight excluding hydrogens is 334 g/mol. The van der Waals surface area contributed by atoms with Crippen LogP contribution in [0.3, 0.4) is 0 Å². The first-order chi connectivity index (χ1) is 11.0. The van der Waals surface area contributed by atoms with Crippen LogP contribution in [0, 0.1) is 0 Å². The van der Waals surface area contributed by atoms with E-state index in [4.69, 9.17) is 14.6 Å². The number of benzene rings is 1. The van der Waals surface area contributed by atoms with Crippen LogP contribution < -0.4 is 4.74 Å². The number of ether oxygens (including phenoxy) is 2. The van der Waals surface area contributed by atoms with Gasteiger partial charge in [0.1, 0.15) is 11.4 Å². The van der Waals surface area contributed by atoms with Gasteiger partial charge in [-0.2, -0.15) is 0 Å². The minimum Gasteiger partial charge on any atom is -0.478 e. The molecule has 1 aromatic carbocycles. The van der Waals surface area contributed by atoms with Gasteiger partial charge in [0.25, 0.3) is 0 Å². The Hall–Kier alpha value is -2.09. The Morgan fingerprint density at radius 2 is 2.08 bits per heavy atom. The Morgan fingerprint density at radius 1 is 1.42 bits per heavy atom. The summed E-state index contributed by atoms with van der Waals surface area (Å²) in [7, 11) is -2.81. The van der Waals surface area contributed by atoms with Gasteiger partial charge in [-0.25, -0.2) is 13.8 Å². The van der Waals surface area contributed by atoms with Crippen molar-refractivity contribution in [1.29, 1.82) is 0 Å². The van der Waals surface area contributed by atoms with E-state index in [1.54, 1.807) is 39.0 Å². The molecule has 0 saturated heterocycles. The van der Waals surface area contributed by atoms with Crippen LogP contribution >= 0.6 is 0 Å². The summed E-state index contributed by atoms with van der Waals surface area (Å²) in [6, 6.07) is 5.08. The lowest BCUT2D eigenvalue weighted by Crippen LogP contribution is -2.24. The summed E-state index contributed by atoms with van der Waals surface area (Å²) >= 11 is 0. The molecule has 2 atom stereocenters. The summed E-state index contributed by atoms with van der Waals surface area (Å²) in [6.07, 6.45) is -0.106. The van der Waals surface area contributed by atoms with Gasteiger partial charge in [-0.05, 0) is 38.0 Å². The molecule has 7 nitrogen and oxygen atoms in total. The van der Waals surface area contributed by atoms with Gasteiger partial charge in [-0.3, -0.25) is 0 Å². The van der Waals surface area contributed by atoms with Crippen LogP contribution in [0.25, 0.3) is 0 Å². The fourth-order valence-electron chi connectivity index (χ4n) is 2.31. The normalized spacial score (nSPS) is 18.9. The van der Waals surface area contributed by atoms with Crippen LogP contribution in [-0.4, -0.2) is 39.3 Å². The molecular formula is C16H21NO6S. The minimum absolute atomic E-state index is 0.0667. The van der Waals surface area contributed by atoms with Crippen LogP contribution in [0.4, 0.5) is 4.79 Å². The standard InChI is InChI=1S/C16H21NO6S/c1-16(2,3)23-15(20)17-24(4,21)9-10-5-6-12-11(7-10)8-13(22-12)14(18)19/h5-7,13H,8-9H2,1-4H3,(H,18,19). The van der Waals surface area contributed by atoms with Crippen molar-refractivity contribution in [2.24, 2.45) is 4.36 Å². The molecule has 2 unspecified atom stereocenters. The minimum atomic E-state index is -2.81. The van der Waals surface area contributed by atoms with Gasteiger partial charge in [0.2, 0.25) is 0 Å². The third-order valence-corrected chi connectivity index (χ3v) is 4.57. The van der Waals surface area contributed by atoms with Crippen molar-refractivity contribution < 1.29 is 28.4 Å². The summed E-state index contributed by atoms with van der Waals surface area (Å²) in [4.78, 5) is 22.7. The molecule has 0 saturated carbocycles. The number of carbonyl (C=O) groups excluding carboxylic acids is 1. The third-order valence-electron chi connectivity index (χ3n) is 3.17. The van der Waals surface area contributed by atoms with Gasteiger partial charge in [0.15, 0.2) is 6.10 Å². The number of carboxylic acid groups (broad SMARTS) is 1. The van der Waals surface area contributed by atoms with Crippen molar-refractivity contribution in [2.75, 3.05) is 6.26 Å². The molecule has 1 aromatic rings. The molecule has 1 aliphatic rings. The Bertz CT molecular complexity index is 786. The van der Waals surface area contributed by atoms with Crippen molar-refractivity contribution in [3.8, 4) is 5.75 Å². The van der Waals surface area contributed by atoms with E-state index in [0.717, 1.165) is 5.56 Å². The Balaban J connectivity index is 2.14. The van der Waals surface area contributed by atoms with Gasteiger partial charge < -0.3 is 14.6 Å². The van der Waals surface area contributed by atoms with E-state index in [1.807, 2.05) is 0 Å². The number of carboxylic acids is 1. The predicted octanol–water partition coefficient (Wildman–Crippen LogP) is 2.61. The fraction of sp³-hybridized carbons (Fsp3) is 0.500. The van der Waals surface area contributed by atoms with E-state index >= 15 is 0 Å². The third kappa shape index (κ3) is 4.95. The zero-order chi connectivity index (χ0) is 18.1. The molecule has 1 aliphatic heterocycles. The smallest absolute Gasteiger partial charge is 0.442 e. The van der Waals surface area contributed by atoms with Crippen LogP contribution in [0.2, 0.25) is 0 Å². The zero-order valence-corrected chi connectivity index (χ0v) is 14.9. The maximum absolute atomic E-state index is 12.5. The number of rotatable bonds is 3. The lowest BCUT2D eigenvalue weighted by Gasteiger charge is -2.17. The molecule has 1 heterocycles. The number of nitrogens with zero attached hydrogens (tertiary/aromatic N) is 1. The summed E-state index contributed by atoms with van der Waals surface area (Å²) in [5.74, 6) is -0.443. The summed E-state index contributed by atoms with van der Waals surface area (Å²) in [5.41, 5.74) is 0.739. The Morgan fingerprint density at radius 3 is 2.67 bits per heavy atom. The predicted molar refractivity (Wildman–Crippen MR) is 88.6 cm³/mol. The molecule has 0 aliphatic carbocycles. The first-order valence-corrected chi connectivity index (χ1v) is 9.48. The lowest BCUT2D eigenvalue weighted by atomic mass is 10.1. The zero-order valence-electron chi connectivity index (χ0n) is 14.1. The number of hydrogen-bond acceptors (Lipinski definition) is 5. The van der Waals surface area contributed by atoms with Crippen LogP contribution in [0.15, 0.2) is 22.6 Å². The summed E-state index contributed by atoms with van der Waals surface area (Å²) in [5, 5.41) is 9.00. The average molecular weight is 355 g/mol. The van der Waals surface area contributed by atoms with Crippen molar-refractivity contribution >= 4 is 21.8 Å². The summed E-state index contributed by atoms with van der Waals surface area (Å²) < 4.78 is 26.6. The highest BCUT2D eigenvalue weighted by molar-refractivity contribution is 7.92. The van der Waals surface area contributed by atoms with Crippen molar-refractivity contribution in [3.05, 3.63) is 29.3 Å². The molecule has 8 heteroatoms. The highest BCUT2D eigenvalue weighted by Gasteiger charge is 2.29. The van der Waals surface area contributed by atoms with Gasteiger partial charge in [-0.1, -0.05) is 12.1 Å². The molecule has 1 amide bonds. The first-order valence-electron chi connectivity index (χ1n) is 7.39. The molecule has 132 valence electrons. The SMILES string of the molecule is CC(C)(C)OC(=O)N=S(C)(=O)Cc1ccc2c(c1)CC(C(=O)O)O2. The molecule has 2 rings (SSSR count). The molecule has 1 N–H and O–H groups in total. The monoisotopic (exact) mass is 355 g/mol. The maximum Gasteiger partial charge on any atom is 0.442 e. The second kappa shape index (κ2) is 6.43. The van der Waals surface area contributed by atoms with Gasteiger partial charge in [0.05, 0.1) is 15.5 Å². The molecule has 0 aromatic heterocycles. The lowest BCUT2D eigenvalue weighted by molar-refractivity contribution is -0.144. The van der Waals surface area contributed by atoms with Crippen LogP contribution in [0.5, 0.6) is 5.75 Å². The van der Waals surface area contributed by atoms with Gasteiger partial charge >= 0.3 is 12.1 Å². The second-order valence-electron chi connectivity index (χ2n) is 6.77. The molecule has 0 radical (unpaired) electrons. The first kappa shape index (κ1) is 18.3.